The zero-order chi connectivity index (χ0) is 14.6. The molecule has 1 aliphatic carbocycles. The first-order chi connectivity index (χ1) is 9.53. The number of carboxylic acid groups (broad SMARTS) is 1. The van der Waals surface area contributed by atoms with Gasteiger partial charge in [-0.25, -0.2) is 0 Å². The van der Waals surface area contributed by atoms with Gasteiger partial charge < -0.3 is 15.5 Å². The minimum atomic E-state index is -0.792. The minimum absolute atomic E-state index is 0.0906. The molecule has 1 aromatic rings. The van der Waals surface area contributed by atoms with E-state index in [1.165, 1.54) is 11.3 Å². The van der Waals surface area contributed by atoms with Crippen LogP contribution < -0.4 is 5.32 Å². The van der Waals surface area contributed by atoms with Gasteiger partial charge in [-0.05, 0) is 43.7 Å². The van der Waals surface area contributed by atoms with E-state index in [9.17, 15) is 9.90 Å². The zero-order valence-electron chi connectivity index (χ0n) is 11.9. The molecule has 1 fully saturated rings. The van der Waals surface area contributed by atoms with Crippen molar-refractivity contribution in [3.63, 3.8) is 0 Å². The maximum Gasteiger partial charge on any atom is 0.308 e. The van der Waals surface area contributed by atoms with E-state index < -0.39 is 5.97 Å². The Morgan fingerprint density at radius 3 is 2.65 bits per heavy atom. The Morgan fingerprint density at radius 1 is 1.40 bits per heavy atom. The number of aliphatic hydroxyl groups is 1. The molecule has 0 aliphatic heterocycles. The third-order valence-corrected chi connectivity index (χ3v) is 5.30. The Hall–Kier alpha value is -0.910. The van der Waals surface area contributed by atoms with Crippen molar-refractivity contribution in [2.45, 2.75) is 51.1 Å². The lowest BCUT2D eigenvalue weighted by atomic mass is 9.77. The molecule has 0 bridgehead atoms. The van der Waals surface area contributed by atoms with Crippen LogP contribution in [0.4, 0.5) is 0 Å². The predicted octanol–water partition coefficient (Wildman–Crippen LogP) is 2.41. The van der Waals surface area contributed by atoms with Crippen molar-refractivity contribution in [2.75, 3.05) is 6.61 Å². The van der Waals surface area contributed by atoms with Crippen molar-refractivity contribution in [2.24, 2.45) is 5.92 Å². The second kappa shape index (κ2) is 6.70. The summed E-state index contributed by atoms with van der Waals surface area (Å²) < 4.78 is 0. The van der Waals surface area contributed by atoms with Crippen LogP contribution in [0.15, 0.2) is 12.1 Å². The van der Waals surface area contributed by atoms with Crippen LogP contribution in [0.3, 0.4) is 0 Å². The highest BCUT2D eigenvalue weighted by atomic mass is 32.1. The van der Waals surface area contributed by atoms with Gasteiger partial charge in [0, 0.05) is 21.8 Å². The number of thiophene rings is 1. The van der Waals surface area contributed by atoms with E-state index in [4.69, 9.17) is 5.11 Å². The average Bonchev–Trinajstić information content (AvgIpc) is 2.86. The minimum Gasteiger partial charge on any atom is -0.481 e. The molecule has 0 radical (unpaired) electrons. The fraction of sp³-hybridized carbons (Fsp3) is 0.667. The predicted molar refractivity (Wildman–Crippen MR) is 79.9 cm³/mol. The highest BCUT2D eigenvalue weighted by Crippen LogP contribution is 2.32. The molecule has 0 spiro atoms. The maximum absolute atomic E-state index is 10.7. The van der Waals surface area contributed by atoms with E-state index in [1.807, 2.05) is 12.1 Å². The Kier molecular flexibility index (Phi) is 5.18. The second-order valence-electron chi connectivity index (χ2n) is 5.91. The van der Waals surface area contributed by atoms with E-state index >= 15 is 0 Å². The largest absolute Gasteiger partial charge is 0.481 e. The molecule has 1 heterocycles. The van der Waals surface area contributed by atoms with Crippen LogP contribution in [0.2, 0.25) is 0 Å². The van der Waals surface area contributed by atoms with Crippen molar-refractivity contribution in [3.8, 4) is 0 Å². The van der Waals surface area contributed by atoms with Crippen molar-refractivity contribution < 1.29 is 15.0 Å². The van der Waals surface area contributed by atoms with Crippen LogP contribution in [0, 0.1) is 5.92 Å². The quantitative estimate of drug-likeness (QED) is 0.754. The van der Waals surface area contributed by atoms with Crippen LogP contribution >= 0.6 is 11.3 Å². The molecule has 0 atom stereocenters. The summed E-state index contributed by atoms with van der Waals surface area (Å²) in [5, 5.41) is 22.0. The fourth-order valence-electron chi connectivity index (χ4n) is 2.74. The third kappa shape index (κ3) is 4.04. The standard InChI is InChI=1S/C15H23NO3S/c1-11-4-6-15(10-17,7-5-11)16-9-13-3-2-12(20-13)8-14(18)19/h2-3,11,16-17H,4-10H2,1H3,(H,18,19). The number of carbonyl (C=O) groups is 1. The highest BCUT2D eigenvalue weighted by molar-refractivity contribution is 7.12. The van der Waals surface area contributed by atoms with Gasteiger partial charge in [-0.3, -0.25) is 4.79 Å². The van der Waals surface area contributed by atoms with E-state index in [2.05, 4.69) is 12.2 Å². The van der Waals surface area contributed by atoms with Crippen LogP contribution in [0.25, 0.3) is 0 Å². The summed E-state index contributed by atoms with van der Waals surface area (Å²) in [5.74, 6) is -0.0418. The van der Waals surface area contributed by atoms with Crippen LogP contribution in [0.5, 0.6) is 0 Å². The molecular formula is C15H23NO3S. The molecule has 2 rings (SSSR count). The van der Waals surface area contributed by atoms with Gasteiger partial charge in [0.15, 0.2) is 0 Å². The molecule has 4 nitrogen and oxygen atoms in total. The van der Waals surface area contributed by atoms with Crippen molar-refractivity contribution >= 4 is 17.3 Å². The third-order valence-electron chi connectivity index (χ3n) is 4.21. The van der Waals surface area contributed by atoms with Crippen molar-refractivity contribution in [1.82, 2.24) is 5.32 Å². The lowest BCUT2D eigenvalue weighted by Gasteiger charge is -2.39. The van der Waals surface area contributed by atoms with Gasteiger partial charge in [0.05, 0.1) is 13.0 Å². The summed E-state index contributed by atoms with van der Waals surface area (Å²) >= 11 is 1.53. The van der Waals surface area contributed by atoms with E-state index in [0.29, 0.717) is 6.54 Å². The molecule has 1 aromatic heterocycles. The van der Waals surface area contributed by atoms with Gasteiger partial charge in [-0.1, -0.05) is 6.92 Å². The Balaban J connectivity index is 1.90. The molecule has 0 unspecified atom stereocenters. The SMILES string of the molecule is CC1CCC(CO)(NCc2ccc(CC(=O)O)s2)CC1. The van der Waals surface area contributed by atoms with Gasteiger partial charge in [-0.15, -0.1) is 11.3 Å². The van der Waals surface area contributed by atoms with Gasteiger partial charge in [0.25, 0.3) is 0 Å². The average molecular weight is 297 g/mol. The summed E-state index contributed by atoms with van der Waals surface area (Å²) in [6.07, 6.45) is 4.42. The summed E-state index contributed by atoms with van der Waals surface area (Å²) in [7, 11) is 0. The first kappa shape index (κ1) is 15.5. The second-order valence-corrected chi connectivity index (χ2v) is 7.17. The summed E-state index contributed by atoms with van der Waals surface area (Å²) in [6.45, 7) is 3.14. The van der Waals surface area contributed by atoms with Crippen LogP contribution in [0.1, 0.15) is 42.4 Å². The molecule has 1 saturated carbocycles. The zero-order valence-corrected chi connectivity index (χ0v) is 12.7. The van der Waals surface area contributed by atoms with Crippen molar-refractivity contribution in [3.05, 3.63) is 21.9 Å². The number of hydrogen-bond donors (Lipinski definition) is 3. The maximum atomic E-state index is 10.7. The number of rotatable bonds is 6. The van der Waals surface area contributed by atoms with E-state index in [1.54, 1.807) is 0 Å². The first-order valence-electron chi connectivity index (χ1n) is 7.18. The number of carboxylic acids is 1. The molecule has 5 heteroatoms. The fourth-order valence-corrected chi connectivity index (χ4v) is 3.69. The number of nitrogens with one attached hydrogen (secondary N) is 1. The summed E-state index contributed by atoms with van der Waals surface area (Å²) in [5.41, 5.74) is -0.149. The monoisotopic (exact) mass is 297 g/mol. The molecule has 0 aromatic carbocycles. The van der Waals surface area contributed by atoms with Crippen molar-refractivity contribution in [1.29, 1.82) is 0 Å². The van der Waals surface area contributed by atoms with Crippen LogP contribution in [-0.2, 0) is 17.8 Å². The Bertz CT molecular complexity index is 450. The van der Waals surface area contributed by atoms with Crippen LogP contribution in [-0.4, -0.2) is 28.3 Å². The first-order valence-corrected chi connectivity index (χ1v) is 8.00. The lowest BCUT2D eigenvalue weighted by Crippen LogP contribution is -2.50. The Labute approximate surface area is 123 Å². The lowest BCUT2D eigenvalue weighted by molar-refractivity contribution is -0.136. The number of aliphatic hydroxyl groups excluding tert-OH is 1. The molecule has 0 amide bonds. The molecular weight excluding hydrogens is 274 g/mol. The number of hydrogen-bond acceptors (Lipinski definition) is 4. The number of aliphatic carboxylic acids is 1. The molecule has 112 valence electrons. The molecule has 20 heavy (non-hydrogen) atoms. The summed E-state index contributed by atoms with van der Waals surface area (Å²) in [4.78, 5) is 12.7. The van der Waals surface area contributed by atoms with Gasteiger partial charge in [0.1, 0.15) is 0 Å². The molecule has 1 aliphatic rings. The highest BCUT2D eigenvalue weighted by Gasteiger charge is 2.33. The topological polar surface area (TPSA) is 69.6 Å². The smallest absolute Gasteiger partial charge is 0.308 e. The van der Waals surface area contributed by atoms with Gasteiger partial charge >= 0.3 is 5.97 Å². The van der Waals surface area contributed by atoms with Gasteiger partial charge in [-0.2, -0.15) is 0 Å². The molecule has 0 saturated heterocycles. The van der Waals surface area contributed by atoms with E-state index in [-0.39, 0.29) is 18.6 Å². The Morgan fingerprint density at radius 2 is 2.05 bits per heavy atom. The van der Waals surface area contributed by atoms with E-state index in [0.717, 1.165) is 41.4 Å². The summed E-state index contributed by atoms with van der Waals surface area (Å²) in [6, 6.07) is 3.86. The molecule has 3 N–H and O–H groups in total. The van der Waals surface area contributed by atoms with Gasteiger partial charge in [0.2, 0.25) is 0 Å². The normalized spacial score (nSPS) is 26.6.